The van der Waals surface area contributed by atoms with Crippen LogP contribution in [0.4, 0.5) is 4.39 Å². The topological polar surface area (TPSA) is 19.4 Å². The predicted molar refractivity (Wildman–Crippen MR) is 124 cm³/mol. The van der Waals surface area contributed by atoms with Gasteiger partial charge in [-0.05, 0) is 80.2 Å². The maximum Gasteiger partial charge on any atom is 0.123 e. The highest BCUT2D eigenvalue weighted by Crippen LogP contribution is 2.28. The molecule has 162 valence electrons. The maximum atomic E-state index is 13.2. The number of pyridine rings is 1. The van der Waals surface area contributed by atoms with Gasteiger partial charge < -0.3 is 0 Å². The van der Waals surface area contributed by atoms with Gasteiger partial charge in [0.15, 0.2) is 0 Å². The molecule has 0 aliphatic carbocycles. The highest BCUT2D eigenvalue weighted by atomic mass is 19.1. The summed E-state index contributed by atoms with van der Waals surface area (Å²) in [6.07, 6.45) is 7.26. The highest BCUT2D eigenvalue weighted by Gasteiger charge is 2.29. The summed E-state index contributed by atoms with van der Waals surface area (Å²) in [6, 6.07) is 22.5. The number of hydrogen-bond donors (Lipinski definition) is 0. The highest BCUT2D eigenvalue weighted by molar-refractivity contribution is 5.18. The Morgan fingerprint density at radius 1 is 0.935 bits per heavy atom. The summed E-state index contributed by atoms with van der Waals surface area (Å²) in [5.74, 6) is 0.495. The molecule has 2 aromatic carbocycles. The van der Waals surface area contributed by atoms with Crippen LogP contribution in [-0.2, 0) is 19.5 Å². The standard InChI is InChI=1S/C27H32FN3/c1-30(20-24-8-5-15-29-19-24)27(18-22-6-3-2-4-7-22)25-13-16-31(17-14-25)21-23-9-11-26(28)12-10-23/h2-12,15,19,25,27H,13-14,16-18,20-21H2,1H3/t27-/m0/s1. The van der Waals surface area contributed by atoms with Gasteiger partial charge in [0.05, 0.1) is 0 Å². The second-order valence-corrected chi connectivity index (χ2v) is 8.77. The molecule has 0 saturated carbocycles. The fourth-order valence-corrected chi connectivity index (χ4v) is 4.78. The van der Waals surface area contributed by atoms with E-state index in [-0.39, 0.29) is 5.82 Å². The normalized spacial score (nSPS) is 16.5. The number of hydrogen-bond acceptors (Lipinski definition) is 3. The van der Waals surface area contributed by atoms with Gasteiger partial charge in [-0.3, -0.25) is 14.8 Å². The summed E-state index contributed by atoms with van der Waals surface area (Å²) in [5, 5.41) is 0. The zero-order chi connectivity index (χ0) is 21.5. The lowest BCUT2D eigenvalue weighted by atomic mass is 9.84. The Labute approximate surface area is 185 Å². The first-order chi connectivity index (χ1) is 15.2. The molecule has 31 heavy (non-hydrogen) atoms. The van der Waals surface area contributed by atoms with E-state index in [1.54, 1.807) is 12.1 Å². The van der Waals surface area contributed by atoms with Gasteiger partial charge in [0.25, 0.3) is 0 Å². The van der Waals surface area contributed by atoms with Crippen molar-refractivity contribution < 1.29 is 4.39 Å². The zero-order valence-electron chi connectivity index (χ0n) is 18.3. The van der Waals surface area contributed by atoms with Crippen molar-refractivity contribution in [1.82, 2.24) is 14.8 Å². The number of likely N-dealkylation sites (tertiary alicyclic amines) is 1. The third-order valence-corrected chi connectivity index (χ3v) is 6.50. The molecule has 4 heteroatoms. The number of aromatic nitrogens is 1. The molecule has 3 aromatic rings. The largest absolute Gasteiger partial charge is 0.299 e. The Kier molecular flexibility index (Phi) is 7.44. The van der Waals surface area contributed by atoms with Crippen molar-refractivity contribution in [3.05, 3.63) is 102 Å². The average molecular weight is 418 g/mol. The minimum Gasteiger partial charge on any atom is -0.299 e. The molecule has 3 nitrogen and oxygen atoms in total. The van der Waals surface area contributed by atoms with Crippen LogP contribution in [0.5, 0.6) is 0 Å². The third kappa shape index (κ3) is 6.22. The van der Waals surface area contributed by atoms with Gasteiger partial charge in [-0.15, -0.1) is 0 Å². The van der Waals surface area contributed by atoms with E-state index in [1.807, 2.05) is 30.6 Å². The third-order valence-electron chi connectivity index (χ3n) is 6.50. The molecule has 1 aliphatic rings. The maximum absolute atomic E-state index is 13.2. The molecular formula is C27H32FN3. The van der Waals surface area contributed by atoms with Crippen LogP contribution in [0.1, 0.15) is 29.5 Å². The van der Waals surface area contributed by atoms with Crippen LogP contribution in [0, 0.1) is 11.7 Å². The molecule has 1 aliphatic heterocycles. The van der Waals surface area contributed by atoms with E-state index >= 15 is 0 Å². The summed E-state index contributed by atoms with van der Waals surface area (Å²) in [5.41, 5.74) is 3.85. The molecule has 0 spiro atoms. The first kappa shape index (κ1) is 21.7. The van der Waals surface area contributed by atoms with Gasteiger partial charge in [-0.1, -0.05) is 48.5 Å². The summed E-state index contributed by atoms with van der Waals surface area (Å²) in [6.45, 7) is 4.01. The van der Waals surface area contributed by atoms with Crippen molar-refractivity contribution in [3.63, 3.8) is 0 Å². The summed E-state index contributed by atoms with van der Waals surface area (Å²) < 4.78 is 13.2. The van der Waals surface area contributed by atoms with Crippen LogP contribution >= 0.6 is 0 Å². The van der Waals surface area contributed by atoms with Crippen LogP contribution in [0.15, 0.2) is 79.1 Å². The minimum absolute atomic E-state index is 0.164. The molecule has 1 aromatic heterocycles. The molecule has 0 bridgehead atoms. The Morgan fingerprint density at radius 3 is 2.32 bits per heavy atom. The Bertz CT molecular complexity index is 906. The molecule has 2 heterocycles. The van der Waals surface area contributed by atoms with Gasteiger partial charge in [-0.2, -0.15) is 0 Å². The van der Waals surface area contributed by atoms with Gasteiger partial charge in [0.2, 0.25) is 0 Å². The van der Waals surface area contributed by atoms with Gasteiger partial charge >= 0.3 is 0 Å². The number of halogens is 1. The molecule has 1 atom stereocenters. The van der Waals surface area contributed by atoms with Crippen molar-refractivity contribution in [2.45, 2.75) is 38.4 Å². The Hall–Kier alpha value is -2.56. The van der Waals surface area contributed by atoms with E-state index in [9.17, 15) is 4.39 Å². The minimum atomic E-state index is -0.164. The van der Waals surface area contributed by atoms with E-state index in [0.717, 1.165) is 32.6 Å². The summed E-state index contributed by atoms with van der Waals surface area (Å²) in [4.78, 5) is 9.31. The van der Waals surface area contributed by atoms with Crippen molar-refractivity contribution in [3.8, 4) is 0 Å². The van der Waals surface area contributed by atoms with Crippen LogP contribution < -0.4 is 0 Å². The zero-order valence-corrected chi connectivity index (χ0v) is 18.3. The quantitative estimate of drug-likeness (QED) is 0.504. The number of nitrogens with zero attached hydrogens (tertiary/aromatic N) is 3. The van der Waals surface area contributed by atoms with E-state index < -0.39 is 0 Å². The summed E-state index contributed by atoms with van der Waals surface area (Å²) in [7, 11) is 2.26. The SMILES string of the molecule is CN(Cc1cccnc1)[C@@H](Cc1ccccc1)C1CCN(Cc2ccc(F)cc2)CC1. The van der Waals surface area contributed by atoms with E-state index in [4.69, 9.17) is 0 Å². The van der Waals surface area contributed by atoms with Crippen molar-refractivity contribution in [2.75, 3.05) is 20.1 Å². The Morgan fingerprint density at radius 2 is 1.65 bits per heavy atom. The van der Waals surface area contributed by atoms with Gasteiger partial charge in [0, 0.05) is 31.5 Å². The molecule has 0 N–H and O–H groups in total. The first-order valence-corrected chi connectivity index (χ1v) is 11.3. The van der Waals surface area contributed by atoms with Crippen LogP contribution in [0.2, 0.25) is 0 Å². The van der Waals surface area contributed by atoms with Gasteiger partial charge in [0.1, 0.15) is 5.82 Å². The van der Waals surface area contributed by atoms with Crippen molar-refractivity contribution >= 4 is 0 Å². The fourth-order valence-electron chi connectivity index (χ4n) is 4.78. The predicted octanol–water partition coefficient (Wildman–Crippen LogP) is 5.18. The van der Waals surface area contributed by atoms with Crippen molar-refractivity contribution in [2.24, 2.45) is 5.92 Å². The number of benzene rings is 2. The average Bonchev–Trinajstić information content (AvgIpc) is 2.81. The lowest BCUT2D eigenvalue weighted by Gasteiger charge is -2.40. The molecular weight excluding hydrogens is 385 g/mol. The molecule has 1 saturated heterocycles. The fraction of sp³-hybridized carbons (Fsp3) is 0.370. The number of likely N-dealkylation sites (N-methyl/N-ethyl adjacent to an activating group) is 1. The van der Waals surface area contributed by atoms with Gasteiger partial charge in [-0.25, -0.2) is 4.39 Å². The van der Waals surface area contributed by atoms with E-state index in [1.165, 1.54) is 29.5 Å². The van der Waals surface area contributed by atoms with E-state index in [2.05, 4.69) is 58.2 Å². The second kappa shape index (κ2) is 10.7. The number of piperidine rings is 1. The van der Waals surface area contributed by atoms with Crippen LogP contribution in [0.25, 0.3) is 0 Å². The smallest absolute Gasteiger partial charge is 0.123 e. The van der Waals surface area contributed by atoms with E-state index in [0.29, 0.717) is 12.0 Å². The molecule has 0 unspecified atom stereocenters. The summed E-state index contributed by atoms with van der Waals surface area (Å²) >= 11 is 0. The monoisotopic (exact) mass is 417 g/mol. The van der Waals surface area contributed by atoms with Crippen LogP contribution in [0.3, 0.4) is 0 Å². The van der Waals surface area contributed by atoms with Crippen LogP contribution in [-0.4, -0.2) is 41.0 Å². The second-order valence-electron chi connectivity index (χ2n) is 8.77. The molecule has 0 radical (unpaired) electrons. The number of rotatable bonds is 8. The first-order valence-electron chi connectivity index (χ1n) is 11.3. The van der Waals surface area contributed by atoms with Crippen molar-refractivity contribution in [1.29, 1.82) is 0 Å². The molecule has 0 amide bonds. The molecule has 1 fully saturated rings. The molecule has 4 rings (SSSR count). The lowest BCUT2D eigenvalue weighted by molar-refractivity contribution is 0.0953. The lowest BCUT2D eigenvalue weighted by Crippen LogP contribution is -2.44. The Balaban J connectivity index is 1.40.